The van der Waals surface area contributed by atoms with Crippen LogP contribution in [0.3, 0.4) is 0 Å². The van der Waals surface area contributed by atoms with E-state index in [1.807, 2.05) is 0 Å². The molecule has 20 heteroatoms. The minimum Gasteiger partial charge on any atom is -0.481 e. The highest BCUT2D eigenvalue weighted by molar-refractivity contribution is 7.80. The molecule has 0 saturated heterocycles. The van der Waals surface area contributed by atoms with Crippen LogP contribution in [0.15, 0.2) is 4.99 Å². The molecule has 0 spiro atoms. The molecule has 37 heavy (non-hydrogen) atoms. The maximum atomic E-state index is 12.1. The summed E-state index contributed by atoms with van der Waals surface area (Å²) in [5.74, 6) is -8.40. The lowest BCUT2D eigenvalue weighted by Gasteiger charge is -2.20. The highest BCUT2D eigenvalue weighted by atomic mass is 32.1. The Kier molecular flexibility index (Phi) is 16.8. The molecule has 0 aromatic rings. The van der Waals surface area contributed by atoms with E-state index in [0.29, 0.717) is 6.42 Å². The van der Waals surface area contributed by atoms with Crippen molar-refractivity contribution in [1.82, 2.24) is 16.0 Å². The zero-order chi connectivity index (χ0) is 29.3. The molecule has 0 bridgehead atoms. The van der Waals surface area contributed by atoms with Gasteiger partial charge in [0.1, 0.15) is 12.1 Å². The Morgan fingerprint density at radius 3 is 1.89 bits per heavy atom. The first-order valence-corrected chi connectivity index (χ1v) is 10.6. The van der Waals surface area contributed by atoms with Crippen LogP contribution in [0.5, 0.6) is 0 Å². The van der Waals surface area contributed by atoms with E-state index in [2.05, 4.69) is 33.6 Å². The molecule has 0 aliphatic rings. The van der Waals surface area contributed by atoms with Crippen molar-refractivity contribution in [2.24, 2.45) is 22.2 Å². The van der Waals surface area contributed by atoms with Crippen LogP contribution in [-0.2, 0) is 28.8 Å². The Morgan fingerprint density at radius 1 is 0.946 bits per heavy atom. The van der Waals surface area contributed by atoms with Crippen LogP contribution in [0.4, 0.5) is 13.2 Å². The van der Waals surface area contributed by atoms with E-state index in [-0.39, 0.29) is 24.7 Å². The number of guanidine groups is 1. The van der Waals surface area contributed by atoms with Crippen LogP contribution in [0.1, 0.15) is 19.3 Å². The Balaban J connectivity index is 0. The monoisotopic (exact) mass is 563 g/mol. The van der Waals surface area contributed by atoms with Crippen molar-refractivity contribution in [3.63, 3.8) is 0 Å². The minimum absolute atomic E-state index is 0.0892. The molecule has 212 valence electrons. The second-order valence-electron chi connectivity index (χ2n) is 6.88. The van der Waals surface area contributed by atoms with Gasteiger partial charge in [0, 0.05) is 12.3 Å². The topological polar surface area (TPSA) is 290 Å². The molecule has 0 aliphatic carbocycles. The van der Waals surface area contributed by atoms with Crippen LogP contribution in [0, 0.1) is 0 Å². The van der Waals surface area contributed by atoms with E-state index < -0.39 is 72.9 Å². The Labute approximate surface area is 212 Å². The highest BCUT2D eigenvalue weighted by Crippen LogP contribution is 2.13. The SMILES string of the molecule is NC(N)=NCCC[C@H](N)C(=O)NCC(=O)N[C@@H](CC(=O)O)C(=O)N[C@@H](CS)C(=O)O.O=C(O)C(F)(F)F. The summed E-state index contributed by atoms with van der Waals surface area (Å²) in [6, 6.07) is -3.86. The van der Waals surface area contributed by atoms with Gasteiger partial charge >= 0.3 is 24.1 Å². The summed E-state index contributed by atoms with van der Waals surface area (Å²) in [6.45, 7) is -0.293. The number of hydrogen-bond donors (Lipinski definition) is 10. The van der Waals surface area contributed by atoms with Crippen molar-refractivity contribution in [3.05, 3.63) is 0 Å². The van der Waals surface area contributed by atoms with Gasteiger partial charge in [0.05, 0.1) is 19.0 Å². The Morgan fingerprint density at radius 2 is 1.49 bits per heavy atom. The van der Waals surface area contributed by atoms with Crippen LogP contribution < -0.4 is 33.2 Å². The average molecular weight is 564 g/mol. The Hall–Kier alpha value is -3.81. The molecule has 0 unspecified atom stereocenters. The van der Waals surface area contributed by atoms with Crippen molar-refractivity contribution < 1.29 is 57.3 Å². The van der Waals surface area contributed by atoms with Gasteiger partial charge in [0.25, 0.3) is 0 Å². The van der Waals surface area contributed by atoms with Crippen molar-refractivity contribution in [3.8, 4) is 0 Å². The van der Waals surface area contributed by atoms with Crippen molar-refractivity contribution in [1.29, 1.82) is 0 Å². The van der Waals surface area contributed by atoms with Crippen molar-refractivity contribution in [2.45, 2.75) is 43.6 Å². The molecule has 12 N–H and O–H groups in total. The third-order valence-electron chi connectivity index (χ3n) is 3.80. The smallest absolute Gasteiger partial charge is 0.481 e. The van der Waals surface area contributed by atoms with E-state index in [1.165, 1.54) is 0 Å². The predicted molar refractivity (Wildman–Crippen MR) is 122 cm³/mol. The number of aliphatic carboxylic acids is 3. The van der Waals surface area contributed by atoms with Gasteiger partial charge in [-0.05, 0) is 12.8 Å². The van der Waals surface area contributed by atoms with Gasteiger partial charge in [-0.15, -0.1) is 0 Å². The molecule has 0 aliphatic heterocycles. The largest absolute Gasteiger partial charge is 0.490 e. The van der Waals surface area contributed by atoms with Crippen LogP contribution in [0.2, 0.25) is 0 Å². The van der Waals surface area contributed by atoms with E-state index in [9.17, 15) is 37.1 Å². The molecule has 3 amide bonds. The fourth-order valence-corrected chi connectivity index (χ4v) is 2.28. The first-order valence-electron chi connectivity index (χ1n) is 9.96. The molecule has 0 heterocycles. The maximum absolute atomic E-state index is 12.1. The fraction of sp³-hybridized carbons (Fsp3) is 0.588. The summed E-state index contributed by atoms with van der Waals surface area (Å²) in [4.78, 5) is 70.5. The number of alkyl halides is 3. The first-order chi connectivity index (χ1) is 16.9. The Bertz CT molecular complexity index is 855. The number of thiol groups is 1. The number of nitrogens with two attached hydrogens (primary N) is 3. The number of carboxylic acid groups (broad SMARTS) is 3. The quantitative estimate of drug-likeness (QED) is 0.0428. The standard InChI is InChI=1S/C15H27N7O7S.C2HF3O2/c16-7(2-1-3-19-15(17)18)12(26)20-5-10(23)21-8(4-11(24)25)13(27)22-9(6-30)14(28)29;3-2(4,5)1(6)7/h7-9,30H,1-6,16H2,(H,20,26)(H,21,23)(H,22,27)(H,24,25)(H,28,29)(H4,17,18,19);(H,6,7)/t7-,8-,9-;/m0./s1. The molecule has 0 fully saturated rings. The molecular weight excluding hydrogens is 535 g/mol. The van der Waals surface area contributed by atoms with Gasteiger partial charge in [-0.3, -0.25) is 24.2 Å². The molecule has 3 atom stereocenters. The van der Waals surface area contributed by atoms with Crippen LogP contribution >= 0.6 is 12.6 Å². The molecule has 0 rings (SSSR count). The molecule has 0 aromatic heterocycles. The minimum atomic E-state index is -5.08. The molecule has 16 nitrogen and oxygen atoms in total. The number of halogens is 3. The number of carbonyl (C=O) groups is 6. The zero-order valence-corrected chi connectivity index (χ0v) is 19.9. The zero-order valence-electron chi connectivity index (χ0n) is 19.0. The molecule has 0 saturated carbocycles. The summed E-state index contributed by atoms with van der Waals surface area (Å²) < 4.78 is 31.7. The molecule has 0 aromatic carbocycles. The lowest BCUT2D eigenvalue weighted by atomic mass is 10.1. The first kappa shape index (κ1) is 35.4. The van der Waals surface area contributed by atoms with Gasteiger partial charge in [-0.25, -0.2) is 9.59 Å². The van der Waals surface area contributed by atoms with E-state index >= 15 is 0 Å². The molecular formula is C17H28F3N7O9S. The lowest BCUT2D eigenvalue weighted by Crippen LogP contribution is -2.54. The summed E-state index contributed by atoms with van der Waals surface area (Å²) >= 11 is 3.78. The highest BCUT2D eigenvalue weighted by Gasteiger charge is 2.38. The van der Waals surface area contributed by atoms with Crippen LogP contribution in [0.25, 0.3) is 0 Å². The fourth-order valence-electron chi connectivity index (χ4n) is 2.04. The van der Waals surface area contributed by atoms with E-state index in [0.717, 1.165) is 0 Å². The normalized spacial score (nSPS) is 12.9. The summed E-state index contributed by atoms with van der Waals surface area (Å²) in [5, 5.41) is 31.4. The van der Waals surface area contributed by atoms with Gasteiger partial charge < -0.3 is 48.5 Å². The van der Waals surface area contributed by atoms with Gasteiger partial charge in [0.2, 0.25) is 17.7 Å². The third-order valence-corrected chi connectivity index (χ3v) is 4.16. The number of nitrogens with one attached hydrogen (secondary N) is 3. The second-order valence-corrected chi connectivity index (χ2v) is 7.24. The number of carbonyl (C=O) groups excluding carboxylic acids is 3. The number of carboxylic acids is 3. The maximum Gasteiger partial charge on any atom is 0.490 e. The third kappa shape index (κ3) is 18.2. The summed E-state index contributed by atoms with van der Waals surface area (Å²) in [5.41, 5.74) is 16.0. The average Bonchev–Trinajstić information content (AvgIpc) is 2.76. The summed E-state index contributed by atoms with van der Waals surface area (Å²) in [7, 11) is 0. The van der Waals surface area contributed by atoms with E-state index in [4.69, 9.17) is 37.3 Å². The molecule has 0 radical (unpaired) electrons. The summed E-state index contributed by atoms with van der Waals surface area (Å²) in [6.07, 6.45) is -5.21. The second kappa shape index (κ2) is 17.6. The van der Waals surface area contributed by atoms with Crippen molar-refractivity contribution >= 4 is 54.2 Å². The number of rotatable bonds is 14. The van der Waals surface area contributed by atoms with Crippen LogP contribution in [-0.4, -0.2) is 100 Å². The lowest BCUT2D eigenvalue weighted by molar-refractivity contribution is -0.192. The van der Waals surface area contributed by atoms with Gasteiger partial charge in [-0.1, -0.05) is 0 Å². The van der Waals surface area contributed by atoms with E-state index in [1.54, 1.807) is 0 Å². The van der Waals surface area contributed by atoms with Gasteiger partial charge in [0.15, 0.2) is 5.96 Å². The van der Waals surface area contributed by atoms with Gasteiger partial charge in [-0.2, -0.15) is 25.8 Å². The number of nitrogens with zero attached hydrogens (tertiary/aromatic N) is 1. The predicted octanol–water partition coefficient (Wildman–Crippen LogP) is -3.42. The van der Waals surface area contributed by atoms with Crippen molar-refractivity contribution in [2.75, 3.05) is 18.8 Å². The number of hydrogen-bond acceptors (Lipinski definition) is 9. The number of aliphatic imine (C=N–C) groups is 1. The number of amides is 3.